The van der Waals surface area contributed by atoms with E-state index in [4.69, 9.17) is 4.84 Å². The van der Waals surface area contributed by atoms with Crippen molar-refractivity contribution in [2.45, 2.75) is 25.9 Å². The minimum Gasteiger partial charge on any atom is -0.391 e. The van der Waals surface area contributed by atoms with E-state index in [-0.39, 0.29) is 0 Å². The second-order valence-electron chi connectivity index (χ2n) is 7.58. The van der Waals surface area contributed by atoms with Crippen molar-refractivity contribution in [3.05, 3.63) is 114 Å². The van der Waals surface area contributed by atoms with Crippen LogP contribution in [0.2, 0.25) is 0 Å². The van der Waals surface area contributed by atoms with Crippen LogP contribution in [0, 0.1) is 0 Å². The predicted octanol–water partition coefficient (Wildman–Crippen LogP) is 6.40. The Morgan fingerprint density at radius 2 is 1.43 bits per heavy atom. The Morgan fingerprint density at radius 3 is 2.17 bits per heavy atom. The summed E-state index contributed by atoms with van der Waals surface area (Å²) in [6, 6.07) is 33.6. The topological polar surface area (TPSA) is 26.5 Å². The highest BCUT2D eigenvalue weighted by Gasteiger charge is 2.24. The molecule has 148 valence electrons. The molecule has 0 saturated heterocycles. The van der Waals surface area contributed by atoms with Crippen molar-refractivity contribution < 1.29 is 4.84 Å². The molecule has 4 aromatic rings. The Bertz CT molecular complexity index is 1150. The molecule has 3 aromatic carbocycles. The van der Waals surface area contributed by atoms with Crippen molar-refractivity contribution in [2.24, 2.45) is 5.16 Å². The maximum Gasteiger partial charge on any atom is 0.142 e. The first-order chi connectivity index (χ1) is 14.9. The fraction of sp³-hybridized carbons (Fsp3) is 0.148. The molecule has 0 N–H and O–H groups in total. The molecular formula is C27H24N2O. The molecule has 1 aliphatic carbocycles. The van der Waals surface area contributed by atoms with Crippen LogP contribution in [0.5, 0.6) is 0 Å². The van der Waals surface area contributed by atoms with E-state index < -0.39 is 0 Å². The Labute approximate surface area is 177 Å². The molecule has 5 rings (SSSR count). The maximum absolute atomic E-state index is 5.76. The summed E-state index contributed by atoms with van der Waals surface area (Å²) in [5, 5.41) is 4.56. The Morgan fingerprint density at radius 1 is 0.767 bits per heavy atom. The van der Waals surface area contributed by atoms with Gasteiger partial charge in [-0.2, -0.15) is 0 Å². The minimum atomic E-state index is 0.491. The number of hydrogen-bond donors (Lipinski definition) is 0. The molecular weight excluding hydrogens is 368 g/mol. The van der Waals surface area contributed by atoms with Crippen LogP contribution in [0.1, 0.15) is 29.7 Å². The van der Waals surface area contributed by atoms with E-state index in [9.17, 15) is 0 Å². The summed E-state index contributed by atoms with van der Waals surface area (Å²) in [4.78, 5) is 5.76. The highest BCUT2D eigenvalue weighted by Crippen LogP contribution is 2.34. The fourth-order valence-electron chi connectivity index (χ4n) is 4.15. The smallest absolute Gasteiger partial charge is 0.142 e. The van der Waals surface area contributed by atoms with E-state index >= 15 is 0 Å². The van der Waals surface area contributed by atoms with Gasteiger partial charge in [0, 0.05) is 16.9 Å². The Balaban J connectivity index is 1.55. The Kier molecular flexibility index (Phi) is 5.17. The van der Waals surface area contributed by atoms with Crippen LogP contribution < -0.4 is 0 Å². The van der Waals surface area contributed by atoms with Crippen molar-refractivity contribution in [3.63, 3.8) is 0 Å². The van der Waals surface area contributed by atoms with Gasteiger partial charge in [0.2, 0.25) is 0 Å². The molecule has 0 saturated carbocycles. The van der Waals surface area contributed by atoms with Crippen LogP contribution >= 0.6 is 0 Å². The normalized spacial score (nSPS) is 14.5. The highest BCUT2D eigenvalue weighted by molar-refractivity contribution is 6.03. The average Bonchev–Trinajstić information content (AvgIpc) is 3.21. The lowest BCUT2D eigenvalue weighted by atomic mass is 9.95. The molecule has 0 unspecified atom stereocenters. The third-order valence-electron chi connectivity index (χ3n) is 5.57. The zero-order valence-electron chi connectivity index (χ0n) is 16.9. The SMILES string of the molecule is c1ccc(CON=C2CCCc3c2cc(-c2ccccc2)n3-c2ccccc2)cc1. The number of hydrogen-bond acceptors (Lipinski definition) is 2. The summed E-state index contributed by atoms with van der Waals surface area (Å²) in [6.45, 7) is 0.491. The van der Waals surface area contributed by atoms with Crippen LogP contribution in [-0.2, 0) is 17.9 Å². The van der Waals surface area contributed by atoms with Gasteiger partial charge in [-0.15, -0.1) is 0 Å². The number of benzene rings is 3. The summed E-state index contributed by atoms with van der Waals surface area (Å²) < 4.78 is 2.39. The zero-order chi connectivity index (χ0) is 20.2. The quantitative estimate of drug-likeness (QED) is 0.361. The lowest BCUT2D eigenvalue weighted by Gasteiger charge is -2.18. The molecule has 0 bridgehead atoms. The summed E-state index contributed by atoms with van der Waals surface area (Å²) in [6.07, 6.45) is 3.05. The number of fused-ring (bicyclic) bond motifs is 1. The predicted molar refractivity (Wildman–Crippen MR) is 122 cm³/mol. The average molecular weight is 393 g/mol. The first-order valence-corrected chi connectivity index (χ1v) is 10.5. The summed E-state index contributed by atoms with van der Waals surface area (Å²) in [5.74, 6) is 0. The van der Waals surface area contributed by atoms with E-state index in [2.05, 4.69) is 88.6 Å². The Hall–Kier alpha value is -3.59. The standard InChI is InChI=1S/C27H24N2O/c1-4-11-21(12-5-1)20-30-28-25-17-10-18-26-24(25)19-27(22-13-6-2-7-14-22)29(26)23-15-8-3-9-16-23/h1-9,11-16,19H,10,17-18,20H2. The zero-order valence-corrected chi connectivity index (χ0v) is 16.9. The van der Waals surface area contributed by atoms with Crippen molar-refractivity contribution in [2.75, 3.05) is 0 Å². The summed E-state index contributed by atoms with van der Waals surface area (Å²) in [5.41, 5.74) is 8.28. The second-order valence-corrected chi connectivity index (χ2v) is 7.58. The van der Waals surface area contributed by atoms with Gasteiger partial charge in [0.15, 0.2) is 0 Å². The van der Waals surface area contributed by atoms with Crippen LogP contribution in [0.3, 0.4) is 0 Å². The van der Waals surface area contributed by atoms with E-state index in [1.165, 1.54) is 28.2 Å². The van der Waals surface area contributed by atoms with Gasteiger partial charge in [0.05, 0.1) is 11.4 Å². The minimum absolute atomic E-state index is 0.491. The maximum atomic E-state index is 5.76. The van der Waals surface area contributed by atoms with E-state index in [1.54, 1.807) is 0 Å². The molecule has 0 radical (unpaired) electrons. The third-order valence-corrected chi connectivity index (χ3v) is 5.57. The van der Waals surface area contributed by atoms with Crippen LogP contribution in [-0.4, -0.2) is 10.3 Å². The molecule has 1 aromatic heterocycles. The molecule has 0 atom stereocenters. The van der Waals surface area contributed by atoms with Crippen molar-refractivity contribution in [1.29, 1.82) is 0 Å². The fourth-order valence-corrected chi connectivity index (χ4v) is 4.15. The van der Waals surface area contributed by atoms with E-state index in [0.717, 1.165) is 30.5 Å². The molecule has 0 fully saturated rings. The van der Waals surface area contributed by atoms with Crippen molar-refractivity contribution >= 4 is 5.71 Å². The first-order valence-electron chi connectivity index (χ1n) is 10.5. The molecule has 0 amide bonds. The molecule has 1 aliphatic rings. The highest BCUT2D eigenvalue weighted by atomic mass is 16.6. The van der Waals surface area contributed by atoms with Gasteiger partial charge in [-0.3, -0.25) is 0 Å². The van der Waals surface area contributed by atoms with Crippen LogP contribution in [0.25, 0.3) is 16.9 Å². The summed E-state index contributed by atoms with van der Waals surface area (Å²) >= 11 is 0. The lowest BCUT2D eigenvalue weighted by molar-refractivity contribution is 0.130. The van der Waals surface area contributed by atoms with Gasteiger partial charge in [0.1, 0.15) is 6.61 Å². The number of para-hydroxylation sites is 1. The van der Waals surface area contributed by atoms with Gasteiger partial charge in [-0.25, -0.2) is 0 Å². The molecule has 3 nitrogen and oxygen atoms in total. The molecule has 0 aliphatic heterocycles. The van der Waals surface area contributed by atoms with Gasteiger partial charge in [-0.1, -0.05) is 84.0 Å². The molecule has 3 heteroatoms. The summed E-state index contributed by atoms with van der Waals surface area (Å²) in [7, 11) is 0. The first kappa shape index (κ1) is 18.4. The monoisotopic (exact) mass is 392 g/mol. The third kappa shape index (κ3) is 3.67. The van der Waals surface area contributed by atoms with Gasteiger partial charge >= 0.3 is 0 Å². The van der Waals surface area contributed by atoms with Crippen molar-refractivity contribution in [3.8, 4) is 16.9 Å². The van der Waals surface area contributed by atoms with Crippen molar-refractivity contribution in [1.82, 2.24) is 4.57 Å². The molecule has 30 heavy (non-hydrogen) atoms. The van der Waals surface area contributed by atoms with E-state index in [1.807, 2.05) is 18.2 Å². The van der Waals surface area contributed by atoms with Gasteiger partial charge in [-0.05, 0) is 48.6 Å². The molecule has 0 spiro atoms. The van der Waals surface area contributed by atoms with Crippen LogP contribution in [0.15, 0.2) is 102 Å². The van der Waals surface area contributed by atoms with E-state index in [0.29, 0.717) is 6.61 Å². The molecule has 1 heterocycles. The number of nitrogens with zero attached hydrogens (tertiary/aromatic N) is 2. The lowest BCUT2D eigenvalue weighted by Crippen LogP contribution is -2.14. The second kappa shape index (κ2) is 8.42. The largest absolute Gasteiger partial charge is 0.391 e. The van der Waals surface area contributed by atoms with Gasteiger partial charge < -0.3 is 9.40 Å². The number of aromatic nitrogens is 1. The number of rotatable bonds is 5. The van der Waals surface area contributed by atoms with Gasteiger partial charge in [0.25, 0.3) is 0 Å². The van der Waals surface area contributed by atoms with Crippen LogP contribution in [0.4, 0.5) is 0 Å². The number of oxime groups is 1.